The standard InChI is InChI=1S/C17H18N2O6.C5H7N/c1-9-13(16(20)24-3)15(14(10(2)18-9)17(21)25-4)11-7-5-6-8-12(11)19(22)23;1-2-4-6-5-3-1/h5-8,15,18H,1-4H3;2-6H,1H2. The number of hydrogen-bond donors (Lipinski definition) is 2. The van der Waals surface area contributed by atoms with E-state index < -0.39 is 22.8 Å². The molecule has 2 aliphatic rings. The molecule has 0 bridgehead atoms. The number of allylic oxidation sites excluding steroid dienone is 4. The van der Waals surface area contributed by atoms with E-state index in [0.29, 0.717) is 11.4 Å². The monoisotopic (exact) mass is 427 g/mol. The minimum atomic E-state index is -0.970. The van der Waals surface area contributed by atoms with E-state index in [2.05, 4.69) is 22.8 Å². The number of nitro groups is 1. The number of nitro benzene ring substituents is 1. The van der Waals surface area contributed by atoms with Crippen LogP contribution in [0.3, 0.4) is 0 Å². The average molecular weight is 427 g/mol. The van der Waals surface area contributed by atoms with E-state index in [1.807, 2.05) is 12.4 Å². The molecule has 0 aromatic heterocycles. The van der Waals surface area contributed by atoms with E-state index in [-0.39, 0.29) is 22.4 Å². The number of esters is 2. The average Bonchev–Trinajstić information content (AvgIpc) is 2.79. The van der Waals surface area contributed by atoms with Crippen LogP contribution in [0.5, 0.6) is 0 Å². The Morgan fingerprint density at radius 2 is 1.52 bits per heavy atom. The van der Waals surface area contributed by atoms with Crippen LogP contribution in [0.25, 0.3) is 0 Å². The van der Waals surface area contributed by atoms with E-state index in [1.54, 1.807) is 19.9 Å². The highest BCUT2D eigenvalue weighted by Crippen LogP contribution is 2.42. The smallest absolute Gasteiger partial charge is 0.336 e. The lowest BCUT2D eigenvalue weighted by Crippen LogP contribution is -2.32. The summed E-state index contributed by atoms with van der Waals surface area (Å²) >= 11 is 0. The van der Waals surface area contributed by atoms with Gasteiger partial charge in [0.05, 0.1) is 36.2 Å². The van der Waals surface area contributed by atoms with E-state index in [0.717, 1.165) is 6.42 Å². The zero-order valence-corrected chi connectivity index (χ0v) is 17.8. The van der Waals surface area contributed by atoms with Gasteiger partial charge in [-0.15, -0.1) is 0 Å². The van der Waals surface area contributed by atoms with Crippen LogP contribution in [0.15, 0.2) is 71.4 Å². The third-order valence-electron chi connectivity index (χ3n) is 4.72. The number of ether oxygens (including phenoxy) is 2. The number of methoxy groups -OCH3 is 2. The number of rotatable bonds is 4. The number of carbonyl (C=O) groups excluding carboxylic acids is 2. The van der Waals surface area contributed by atoms with Crippen molar-refractivity contribution in [3.05, 3.63) is 87.0 Å². The van der Waals surface area contributed by atoms with Crippen LogP contribution < -0.4 is 10.6 Å². The fourth-order valence-corrected chi connectivity index (χ4v) is 3.37. The number of benzene rings is 1. The van der Waals surface area contributed by atoms with Crippen molar-refractivity contribution in [3.63, 3.8) is 0 Å². The molecule has 2 N–H and O–H groups in total. The molecule has 1 aromatic carbocycles. The Morgan fingerprint density at radius 3 is 1.90 bits per heavy atom. The summed E-state index contributed by atoms with van der Waals surface area (Å²) in [7, 11) is 2.42. The normalized spacial score (nSPS) is 15.4. The van der Waals surface area contributed by atoms with Crippen molar-refractivity contribution in [1.82, 2.24) is 10.6 Å². The minimum Gasteiger partial charge on any atom is -0.466 e. The first kappa shape index (κ1) is 23.4. The Kier molecular flexibility index (Phi) is 8.13. The highest BCUT2D eigenvalue weighted by Gasteiger charge is 2.40. The number of nitrogens with one attached hydrogen (secondary N) is 2. The Bertz CT molecular complexity index is 933. The molecule has 0 unspecified atom stereocenters. The third kappa shape index (κ3) is 5.39. The second-order valence-corrected chi connectivity index (χ2v) is 6.64. The van der Waals surface area contributed by atoms with Gasteiger partial charge in [0.25, 0.3) is 5.69 Å². The van der Waals surface area contributed by atoms with Crippen LogP contribution in [0, 0.1) is 10.1 Å². The predicted molar refractivity (Wildman–Crippen MR) is 114 cm³/mol. The van der Waals surface area contributed by atoms with Crippen molar-refractivity contribution in [2.75, 3.05) is 14.2 Å². The van der Waals surface area contributed by atoms with Crippen molar-refractivity contribution in [2.45, 2.75) is 26.2 Å². The zero-order valence-electron chi connectivity index (χ0n) is 17.8. The Balaban J connectivity index is 0.000000488. The molecule has 2 heterocycles. The molecule has 9 nitrogen and oxygen atoms in total. The van der Waals surface area contributed by atoms with Crippen LogP contribution in [-0.4, -0.2) is 31.1 Å². The lowest BCUT2D eigenvalue weighted by molar-refractivity contribution is -0.385. The molecule has 0 saturated carbocycles. The van der Waals surface area contributed by atoms with Gasteiger partial charge in [0.1, 0.15) is 0 Å². The maximum atomic E-state index is 12.3. The van der Waals surface area contributed by atoms with E-state index in [9.17, 15) is 19.7 Å². The predicted octanol–water partition coefficient (Wildman–Crippen LogP) is 3.18. The molecule has 31 heavy (non-hydrogen) atoms. The SMILES string of the molecule is C1=CNC=CC1.COC(=O)C1=C(C)NC(C)=C(C(=O)OC)C1c1ccccc1[N+](=O)[O-]. The Labute approximate surface area is 180 Å². The Hall–Kier alpha value is -3.88. The molecule has 3 rings (SSSR count). The van der Waals surface area contributed by atoms with E-state index in [4.69, 9.17) is 9.47 Å². The summed E-state index contributed by atoms with van der Waals surface area (Å²) in [5, 5.41) is 17.3. The first-order valence-corrected chi connectivity index (χ1v) is 9.48. The quantitative estimate of drug-likeness (QED) is 0.427. The van der Waals surface area contributed by atoms with Gasteiger partial charge in [-0.2, -0.15) is 0 Å². The molecule has 0 aliphatic carbocycles. The summed E-state index contributed by atoms with van der Waals surface area (Å²) < 4.78 is 9.66. The molecule has 2 aliphatic heterocycles. The molecule has 0 spiro atoms. The molecular weight excluding hydrogens is 402 g/mol. The molecule has 9 heteroatoms. The van der Waals surface area contributed by atoms with Crippen molar-refractivity contribution < 1.29 is 24.0 Å². The molecule has 0 atom stereocenters. The first-order chi connectivity index (χ1) is 14.8. The summed E-state index contributed by atoms with van der Waals surface area (Å²) in [5.41, 5.74) is 1.19. The topological polar surface area (TPSA) is 120 Å². The first-order valence-electron chi connectivity index (χ1n) is 9.48. The molecule has 164 valence electrons. The molecule has 0 saturated heterocycles. The summed E-state index contributed by atoms with van der Waals surface area (Å²) in [6.07, 6.45) is 9.08. The van der Waals surface area contributed by atoms with Crippen LogP contribution in [0.1, 0.15) is 31.7 Å². The minimum absolute atomic E-state index is 0.128. The van der Waals surface area contributed by atoms with Gasteiger partial charge in [-0.25, -0.2) is 9.59 Å². The van der Waals surface area contributed by atoms with Gasteiger partial charge in [0, 0.05) is 23.0 Å². The Morgan fingerprint density at radius 1 is 1.00 bits per heavy atom. The molecule has 0 fully saturated rings. The fourth-order valence-electron chi connectivity index (χ4n) is 3.37. The second kappa shape index (κ2) is 10.8. The number of dihydropyridines is 2. The van der Waals surface area contributed by atoms with Crippen LogP contribution in [-0.2, 0) is 19.1 Å². The van der Waals surface area contributed by atoms with Gasteiger partial charge in [-0.3, -0.25) is 10.1 Å². The number of para-hydroxylation sites is 1. The van der Waals surface area contributed by atoms with Gasteiger partial charge < -0.3 is 20.1 Å². The molecule has 0 amide bonds. The highest BCUT2D eigenvalue weighted by atomic mass is 16.6. The second-order valence-electron chi connectivity index (χ2n) is 6.64. The van der Waals surface area contributed by atoms with Gasteiger partial charge in [-0.1, -0.05) is 30.4 Å². The molecular formula is C22H25N3O6. The fraction of sp³-hybridized carbons (Fsp3) is 0.273. The van der Waals surface area contributed by atoms with Gasteiger partial charge in [-0.05, 0) is 32.7 Å². The summed E-state index contributed by atoms with van der Waals surface area (Å²) in [6, 6.07) is 5.97. The van der Waals surface area contributed by atoms with Crippen molar-refractivity contribution in [2.24, 2.45) is 0 Å². The molecule has 1 aromatic rings. The maximum Gasteiger partial charge on any atom is 0.336 e. The zero-order chi connectivity index (χ0) is 23.0. The van der Waals surface area contributed by atoms with E-state index in [1.165, 1.54) is 32.4 Å². The van der Waals surface area contributed by atoms with Gasteiger partial charge in [0.2, 0.25) is 0 Å². The summed E-state index contributed by atoms with van der Waals surface area (Å²) in [6.45, 7) is 3.29. The highest BCUT2D eigenvalue weighted by molar-refractivity contribution is 6.00. The largest absolute Gasteiger partial charge is 0.466 e. The van der Waals surface area contributed by atoms with Crippen LogP contribution in [0.2, 0.25) is 0 Å². The van der Waals surface area contributed by atoms with Crippen molar-refractivity contribution >= 4 is 17.6 Å². The van der Waals surface area contributed by atoms with Crippen molar-refractivity contribution in [1.29, 1.82) is 0 Å². The summed E-state index contributed by atoms with van der Waals surface area (Å²) in [4.78, 5) is 35.6. The summed E-state index contributed by atoms with van der Waals surface area (Å²) in [5.74, 6) is -2.33. The number of nitrogens with zero attached hydrogens (tertiary/aromatic N) is 1. The number of hydrogen-bond acceptors (Lipinski definition) is 8. The van der Waals surface area contributed by atoms with Gasteiger partial charge in [0.15, 0.2) is 0 Å². The lowest BCUT2D eigenvalue weighted by atomic mass is 9.79. The third-order valence-corrected chi connectivity index (χ3v) is 4.72. The van der Waals surface area contributed by atoms with Crippen LogP contribution in [0.4, 0.5) is 5.69 Å². The van der Waals surface area contributed by atoms with Gasteiger partial charge >= 0.3 is 11.9 Å². The lowest BCUT2D eigenvalue weighted by Gasteiger charge is -2.29. The van der Waals surface area contributed by atoms with Crippen LogP contribution >= 0.6 is 0 Å². The van der Waals surface area contributed by atoms with E-state index >= 15 is 0 Å². The maximum absolute atomic E-state index is 12.3. The molecule has 0 radical (unpaired) electrons. The number of carbonyl (C=O) groups is 2. The van der Waals surface area contributed by atoms with Crippen molar-refractivity contribution in [3.8, 4) is 0 Å².